The molecule has 13 heavy (non-hydrogen) atoms. The van der Waals surface area contributed by atoms with Gasteiger partial charge in [0.2, 0.25) is 5.91 Å². The number of aryl methyl sites for hydroxylation is 1. The molecule has 0 amide bonds. The van der Waals surface area contributed by atoms with Crippen LogP contribution in [0.1, 0.15) is 17.4 Å². The Hall–Kier alpha value is -1.64. The number of aromatic nitrogens is 2. The molecule has 0 bridgehead atoms. The summed E-state index contributed by atoms with van der Waals surface area (Å²) in [6.07, 6.45) is 3.46. The van der Waals surface area contributed by atoms with E-state index in [1.54, 1.807) is 23.9 Å². The summed E-state index contributed by atoms with van der Waals surface area (Å²) < 4.78 is 1.69. The van der Waals surface area contributed by atoms with Crippen LogP contribution in [-0.2, 0) is 0 Å². The Balaban J connectivity index is 2.86. The van der Waals surface area contributed by atoms with Gasteiger partial charge in [0.05, 0.1) is 5.52 Å². The molecule has 2 aromatic rings. The molecule has 66 valence electrons. The molecule has 0 N–H and O–H groups in total. The maximum Gasteiger partial charge on any atom is 0.228 e. The van der Waals surface area contributed by atoms with E-state index < -0.39 is 0 Å². The highest BCUT2D eigenvalue weighted by Gasteiger charge is 2.07. The molecule has 0 spiro atoms. The molecule has 0 unspecified atom stereocenters. The Labute approximate surface area is 76.0 Å². The van der Waals surface area contributed by atoms with Crippen LogP contribution in [0, 0.1) is 6.92 Å². The van der Waals surface area contributed by atoms with Gasteiger partial charge < -0.3 is 0 Å². The molecule has 0 aliphatic rings. The van der Waals surface area contributed by atoms with Crippen LogP contribution in [0.4, 0.5) is 0 Å². The summed E-state index contributed by atoms with van der Waals surface area (Å²) in [7, 11) is 0. The summed E-state index contributed by atoms with van der Waals surface area (Å²) in [6, 6.07) is 3.81. The normalized spacial score (nSPS) is 10.6. The fourth-order valence-electron chi connectivity index (χ4n) is 1.61. The highest BCUT2D eigenvalue weighted by molar-refractivity contribution is 5.92. The number of fused-ring (bicyclic) bond motifs is 1. The fourth-order valence-corrected chi connectivity index (χ4v) is 1.61. The van der Waals surface area contributed by atoms with E-state index in [2.05, 4.69) is 4.98 Å². The van der Waals surface area contributed by atoms with Gasteiger partial charge in [-0.2, -0.15) is 0 Å². The third-order valence-electron chi connectivity index (χ3n) is 2.10. The minimum atomic E-state index is 0.0405. The maximum absolute atomic E-state index is 11.3. The summed E-state index contributed by atoms with van der Waals surface area (Å²) in [5.74, 6) is 0.0405. The third kappa shape index (κ3) is 1.13. The number of hydrogen-bond donors (Lipinski definition) is 0. The first-order valence-corrected chi connectivity index (χ1v) is 4.13. The van der Waals surface area contributed by atoms with Crippen molar-refractivity contribution in [2.24, 2.45) is 0 Å². The van der Waals surface area contributed by atoms with Gasteiger partial charge in [-0.25, -0.2) is 0 Å². The lowest BCUT2D eigenvalue weighted by Crippen LogP contribution is -2.06. The molecule has 0 aliphatic heterocycles. The molecule has 0 saturated heterocycles. The van der Waals surface area contributed by atoms with Gasteiger partial charge in [0.25, 0.3) is 0 Å². The van der Waals surface area contributed by atoms with Crippen LogP contribution in [0.2, 0.25) is 0 Å². The minimum Gasteiger partial charge on any atom is -0.285 e. The summed E-state index contributed by atoms with van der Waals surface area (Å²) in [4.78, 5) is 15.3. The zero-order valence-electron chi connectivity index (χ0n) is 7.61. The van der Waals surface area contributed by atoms with Crippen molar-refractivity contribution in [2.75, 3.05) is 0 Å². The van der Waals surface area contributed by atoms with E-state index in [1.807, 2.05) is 19.1 Å². The van der Waals surface area contributed by atoms with Crippen molar-refractivity contribution in [3.05, 3.63) is 30.2 Å². The van der Waals surface area contributed by atoms with Gasteiger partial charge in [-0.3, -0.25) is 14.3 Å². The molecule has 0 saturated carbocycles. The summed E-state index contributed by atoms with van der Waals surface area (Å²) in [5.41, 5.74) is 1.88. The lowest BCUT2D eigenvalue weighted by atomic mass is 10.3. The number of pyridine rings is 1. The summed E-state index contributed by atoms with van der Waals surface area (Å²) in [6.45, 7) is 3.48. The zero-order valence-corrected chi connectivity index (χ0v) is 7.61. The van der Waals surface area contributed by atoms with Gasteiger partial charge in [0.1, 0.15) is 0 Å². The van der Waals surface area contributed by atoms with E-state index in [4.69, 9.17) is 0 Å². The molecule has 0 fully saturated rings. The van der Waals surface area contributed by atoms with Gasteiger partial charge in [-0.15, -0.1) is 0 Å². The lowest BCUT2D eigenvalue weighted by Gasteiger charge is -2.00. The monoisotopic (exact) mass is 174 g/mol. The molecular weight excluding hydrogens is 164 g/mol. The molecule has 0 radical (unpaired) electrons. The van der Waals surface area contributed by atoms with E-state index in [0.717, 1.165) is 16.6 Å². The Kier molecular flexibility index (Phi) is 1.65. The Bertz CT molecular complexity index is 471. The molecular formula is C10H10N2O. The first-order chi connectivity index (χ1) is 6.20. The van der Waals surface area contributed by atoms with Gasteiger partial charge in [0.15, 0.2) is 0 Å². The molecule has 0 aromatic carbocycles. The van der Waals surface area contributed by atoms with Crippen molar-refractivity contribution in [1.82, 2.24) is 9.55 Å². The van der Waals surface area contributed by atoms with Gasteiger partial charge in [0, 0.05) is 30.4 Å². The average Bonchev–Trinajstić information content (AvgIpc) is 2.39. The Morgan fingerprint density at radius 3 is 3.00 bits per heavy atom. The number of carbonyl (C=O) groups excluding carboxylic acids is 1. The second-order valence-electron chi connectivity index (χ2n) is 3.07. The maximum atomic E-state index is 11.3. The fraction of sp³-hybridized carbons (Fsp3) is 0.200. The third-order valence-corrected chi connectivity index (χ3v) is 2.10. The van der Waals surface area contributed by atoms with Crippen molar-refractivity contribution in [1.29, 1.82) is 0 Å². The Morgan fingerprint density at radius 2 is 2.31 bits per heavy atom. The second-order valence-corrected chi connectivity index (χ2v) is 3.07. The standard InChI is InChI=1S/C10H10N2O/c1-7-5-9-6-11-4-3-10(9)12(7)8(2)13/h3-6H,1-2H3. The van der Waals surface area contributed by atoms with Crippen LogP contribution in [0.15, 0.2) is 24.5 Å². The lowest BCUT2D eigenvalue weighted by molar-refractivity contribution is 0.0940. The summed E-state index contributed by atoms with van der Waals surface area (Å²) >= 11 is 0. The number of nitrogens with zero attached hydrogens (tertiary/aromatic N) is 2. The van der Waals surface area contributed by atoms with Crippen LogP contribution >= 0.6 is 0 Å². The van der Waals surface area contributed by atoms with Gasteiger partial charge in [-0.1, -0.05) is 0 Å². The smallest absolute Gasteiger partial charge is 0.228 e. The minimum absolute atomic E-state index is 0.0405. The molecule has 0 aliphatic carbocycles. The first kappa shape index (κ1) is 7.98. The van der Waals surface area contributed by atoms with Crippen molar-refractivity contribution in [3.63, 3.8) is 0 Å². The molecule has 3 nitrogen and oxygen atoms in total. The highest BCUT2D eigenvalue weighted by Crippen LogP contribution is 2.17. The van der Waals surface area contributed by atoms with Crippen LogP contribution in [0.3, 0.4) is 0 Å². The van der Waals surface area contributed by atoms with Gasteiger partial charge >= 0.3 is 0 Å². The van der Waals surface area contributed by atoms with E-state index in [9.17, 15) is 4.79 Å². The highest BCUT2D eigenvalue weighted by atomic mass is 16.1. The average molecular weight is 174 g/mol. The zero-order chi connectivity index (χ0) is 9.42. The molecule has 2 heterocycles. The number of carbonyl (C=O) groups is 1. The van der Waals surface area contributed by atoms with Crippen LogP contribution in [0.5, 0.6) is 0 Å². The van der Waals surface area contributed by atoms with Crippen molar-refractivity contribution < 1.29 is 4.79 Å². The van der Waals surface area contributed by atoms with E-state index in [1.165, 1.54) is 0 Å². The van der Waals surface area contributed by atoms with Crippen molar-refractivity contribution in [2.45, 2.75) is 13.8 Å². The number of rotatable bonds is 0. The quantitative estimate of drug-likeness (QED) is 0.612. The van der Waals surface area contributed by atoms with Crippen LogP contribution in [0.25, 0.3) is 10.9 Å². The van der Waals surface area contributed by atoms with Crippen molar-refractivity contribution >= 4 is 16.8 Å². The predicted octanol–water partition coefficient (Wildman–Crippen LogP) is 2.00. The van der Waals surface area contributed by atoms with Crippen LogP contribution in [-0.4, -0.2) is 15.5 Å². The molecule has 2 aromatic heterocycles. The molecule has 0 atom stereocenters. The topological polar surface area (TPSA) is 34.9 Å². The predicted molar refractivity (Wildman–Crippen MR) is 50.8 cm³/mol. The van der Waals surface area contributed by atoms with Crippen molar-refractivity contribution in [3.8, 4) is 0 Å². The van der Waals surface area contributed by atoms with E-state index in [0.29, 0.717) is 0 Å². The number of hydrogen-bond acceptors (Lipinski definition) is 2. The first-order valence-electron chi connectivity index (χ1n) is 4.13. The molecule has 3 heteroatoms. The second kappa shape index (κ2) is 2.69. The SMILES string of the molecule is CC(=O)n1c(C)cc2cnccc21. The van der Waals surface area contributed by atoms with E-state index in [-0.39, 0.29) is 5.91 Å². The molecule has 2 rings (SSSR count). The van der Waals surface area contributed by atoms with E-state index >= 15 is 0 Å². The van der Waals surface area contributed by atoms with Gasteiger partial charge in [-0.05, 0) is 19.1 Å². The summed E-state index contributed by atoms with van der Waals surface area (Å²) in [5, 5.41) is 1.01. The largest absolute Gasteiger partial charge is 0.285 e. The Morgan fingerprint density at radius 1 is 1.54 bits per heavy atom. The van der Waals surface area contributed by atoms with Crippen LogP contribution < -0.4 is 0 Å².